The highest BCUT2D eigenvalue weighted by molar-refractivity contribution is 5.46. The molecule has 0 radical (unpaired) electrons. The van der Waals surface area contributed by atoms with Crippen molar-refractivity contribution in [1.82, 2.24) is 0 Å². The number of hydrogen-bond donors (Lipinski definition) is 0. The lowest BCUT2D eigenvalue weighted by Gasteiger charge is -2.03. The van der Waals surface area contributed by atoms with Crippen molar-refractivity contribution in [2.24, 2.45) is 28.1 Å². The molecular formula is C12H16. The van der Waals surface area contributed by atoms with E-state index in [-0.39, 0.29) is 0 Å². The van der Waals surface area contributed by atoms with Crippen molar-refractivity contribution in [1.29, 1.82) is 0 Å². The van der Waals surface area contributed by atoms with Crippen LogP contribution in [-0.2, 0) is 0 Å². The first-order chi connectivity index (χ1) is 5.83. The predicted octanol–water partition coefficient (Wildman–Crippen LogP) is 2.98. The van der Waals surface area contributed by atoms with Crippen molar-refractivity contribution in [2.75, 3.05) is 0 Å². The van der Waals surface area contributed by atoms with E-state index in [1.54, 1.807) is 44.9 Å². The summed E-state index contributed by atoms with van der Waals surface area (Å²) in [6, 6.07) is 0. The van der Waals surface area contributed by atoms with Gasteiger partial charge in [-0.3, -0.25) is 0 Å². The second kappa shape index (κ2) is 1.14. The topological polar surface area (TPSA) is 0 Å². The Bertz CT molecular complexity index is 271. The van der Waals surface area contributed by atoms with Crippen LogP contribution in [0.4, 0.5) is 0 Å². The Morgan fingerprint density at radius 2 is 1.42 bits per heavy atom. The average Bonchev–Trinajstić information content (AvgIpc) is 2.89. The molecule has 0 nitrogen and oxygen atoms in total. The second-order valence-electron chi connectivity index (χ2n) is 6.48. The van der Waals surface area contributed by atoms with E-state index in [1.165, 1.54) is 11.8 Å². The average molecular weight is 160 g/mol. The first kappa shape index (κ1) is 5.67. The molecule has 64 valence electrons. The third-order valence-corrected chi connectivity index (χ3v) is 6.46. The molecule has 0 N–H and O–H groups in total. The zero-order valence-electron chi connectivity index (χ0n) is 7.60. The van der Waals surface area contributed by atoms with E-state index < -0.39 is 0 Å². The molecule has 5 rings (SSSR count). The van der Waals surface area contributed by atoms with Crippen LogP contribution in [0.2, 0.25) is 0 Å². The minimum Gasteiger partial charge on any atom is -0.0527 e. The van der Waals surface area contributed by atoms with Crippen molar-refractivity contribution in [3.05, 3.63) is 0 Å². The lowest BCUT2D eigenvalue weighted by Crippen LogP contribution is -1.95. The van der Waals surface area contributed by atoms with Gasteiger partial charge in [0.05, 0.1) is 0 Å². The Hall–Kier alpha value is 0. The van der Waals surface area contributed by atoms with Gasteiger partial charge in [0.1, 0.15) is 0 Å². The van der Waals surface area contributed by atoms with Gasteiger partial charge in [-0.15, -0.1) is 0 Å². The molecule has 0 bridgehead atoms. The van der Waals surface area contributed by atoms with E-state index in [0.29, 0.717) is 0 Å². The molecule has 5 saturated carbocycles. The lowest BCUT2D eigenvalue weighted by atomic mass is 10.0. The summed E-state index contributed by atoms with van der Waals surface area (Å²) in [6.07, 6.45) is 11.5. The van der Waals surface area contributed by atoms with Crippen LogP contribution < -0.4 is 0 Å². The summed E-state index contributed by atoms with van der Waals surface area (Å²) in [6.45, 7) is 0. The molecule has 0 aromatic heterocycles. The van der Waals surface area contributed by atoms with Gasteiger partial charge in [-0.1, -0.05) is 6.42 Å². The summed E-state index contributed by atoms with van der Waals surface area (Å²) in [5.74, 6) is 2.44. The monoisotopic (exact) mass is 160 g/mol. The summed E-state index contributed by atoms with van der Waals surface area (Å²) in [4.78, 5) is 0. The van der Waals surface area contributed by atoms with Gasteiger partial charge in [0.25, 0.3) is 0 Å². The highest BCUT2D eigenvalue weighted by Crippen LogP contribution is 3.05. The summed E-state index contributed by atoms with van der Waals surface area (Å²) in [5.41, 5.74) is 3.01. The van der Waals surface area contributed by atoms with Gasteiger partial charge in [0, 0.05) is 0 Å². The zero-order chi connectivity index (χ0) is 7.60. The second-order valence-corrected chi connectivity index (χ2v) is 6.48. The maximum atomic E-state index is 1.68. The van der Waals surface area contributed by atoms with Crippen molar-refractivity contribution in [2.45, 2.75) is 44.9 Å². The number of rotatable bonds is 0. The van der Waals surface area contributed by atoms with Crippen molar-refractivity contribution in [3.63, 3.8) is 0 Å². The van der Waals surface area contributed by atoms with E-state index in [0.717, 1.165) is 16.2 Å². The van der Waals surface area contributed by atoms with Gasteiger partial charge in [0.15, 0.2) is 0 Å². The minimum atomic E-state index is 1.00. The lowest BCUT2D eigenvalue weighted by molar-refractivity contribution is 0.458. The van der Waals surface area contributed by atoms with Gasteiger partial charge in [0.2, 0.25) is 0 Å². The molecule has 3 spiro atoms. The Kier molecular flexibility index (Phi) is 0.541. The van der Waals surface area contributed by atoms with Crippen molar-refractivity contribution in [3.8, 4) is 0 Å². The highest BCUT2D eigenvalue weighted by atomic mass is 15.0. The fourth-order valence-corrected chi connectivity index (χ4v) is 5.63. The quantitative estimate of drug-likeness (QED) is 0.511. The molecule has 0 heterocycles. The van der Waals surface area contributed by atoms with Gasteiger partial charge < -0.3 is 0 Å². The molecule has 0 aromatic carbocycles. The smallest absolute Gasteiger partial charge is 0.0167 e. The largest absolute Gasteiger partial charge is 0.0527 e. The molecule has 12 heavy (non-hydrogen) atoms. The van der Waals surface area contributed by atoms with Crippen molar-refractivity contribution < 1.29 is 0 Å². The first-order valence-corrected chi connectivity index (χ1v) is 5.83. The van der Waals surface area contributed by atoms with Crippen LogP contribution in [0.3, 0.4) is 0 Å². The summed E-state index contributed by atoms with van der Waals surface area (Å²) >= 11 is 0. The summed E-state index contributed by atoms with van der Waals surface area (Å²) in [7, 11) is 0. The third kappa shape index (κ3) is 0.324. The molecule has 5 aliphatic carbocycles. The zero-order valence-corrected chi connectivity index (χ0v) is 7.60. The number of hydrogen-bond acceptors (Lipinski definition) is 0. The maximum absolute atomic E-state index is 1.68. The first-order valence-electron chi connectivity index (χ1n) is 5.83. The van der Waals surface area contributed by atoms with Crippen LogP contribution in [0.1, 0.15) is 44.9 Å². The summed E-state index contributed by atoms with van der Waals surface area (Å²) < 4.78 is 0. The van der Waals surface area contributed by atoms with E-state index in [2.05, 4.69) is 0 Å². The molecule has 4 atom stereocenters. The van der Waals surface area contributed by atoms with Crippen LogP contribution in [0.25, 0.3) is 0 Å². The minimum absolute atomic E-state index is 1.00. The Balaban J connectivity index is 1.66. The molecule has 0 saturated heterocycles. The maximum Gasteiger partial charge on any atom is -0.0167 e. The fraction of sp³-hybridized carbons (Fsp3) is 1.00. The molecule has 4 unspecified atom stereocenters. The van der Waals surface area contributed by atoms with Gasteiger partial charge in [-0.05, 0) is 66.6 Å². The van der Waals surface area contributed by atoms with Gasteiger partial charge >= 0.3 is 0 Å². The molecule has 0 aliphatic heterocycles. The third-order valence-electron chi connectivity index (χ3n) is 6.46. The van der Waals surface area contributed by atoms with E-state index in [4.69, 9.17) is 0 Å². The fourth-order valence-electron chi connectivity index (χ4n) is 5.63. The SMILES string of the molecule is C1CC2CC23CC32CC23CC3C1. The van der Waals surface area contributed by atoms with Crippen LogP contribution >= 0.6 is 0 Å². The highest BCUT2D eigenvalue weighted by Gasteiger charge is 2.97. The van der Waals surface area contributed by atoms with Crippen LogP contribution in [0, 0.1) is 28.1 Å². The standard InChI is InChI=1S/C12H16/c1-2-8-4-10(8)6-12(10)7-11(12)5-9(11)3-1/h8-9H,1-7H2. The van der Waals surface area contributed by atoms with Crippen molar-refractivity contribution >= 4 is 0 Å². The Morgan fingerprint density at radius 1 is 0.833 bits per heavy atom. The Morgan fingerprint density at radius 3 is 2.00 bits per heavy atom. The van der Waals surface area contributed by atoms with E-state index >= 15 is 0 Å². The molecular weight excluding hydrogens is 144 g/mol. The molecule has 5 aliphatic rings. The van der Waals surface area contributed by atoms with Gasteiger partial charge in [-0.2, -0.15) is 0 Å². The Labute approximate surface area is 73.7 Å². The van der Waals surface area contributed by atoms with Crippen LogP contribution in [0.15, 0.2) is 0 Å². The molecule has 0 aromatic rings. The van der Waals surface area contributed by atoms with E-state index in [9.17, 15) is 0 Å². The molecule has 5 fully saturated rings. The van der Waals surface area contributed by atoms with Crippen LogP contribution in [-0.4, -0.2) is 0 Å². The van der Waals surface area contributed by atoms with Crippen LogP contribution in [0.5, 0.6) is 0 Å². The predicted molar refractivity (Wildman–Crippen MR) is 46.6 cm³/mol. The van der Waals surface area contributed by atoms with Gasteiger partial charge in [-0.25, -0.2) is 0 Å². The molecule has 0 heteroatoms. The van der Waals surface area contributed by atoms with E-state index in [1.807, 2.05) is 0 Å². The summed E-state index contributed by atoms with van der Waals surface area (Å²) in [5, 5.41) is 0. The molecule has 0 amide bonds. The normalized spacial score (nSPS) is 80.0.